The molecule has 1 unspecified atom stereocenters. The van der Waals surface area contributed by atoms with Crippen LogP contribution in [0.5, 0.6) is 0 Å². The number of aliphatic carboxylic acids is 1. The van der Waals surface area contributed by atoms with E-state index in [0.29, 0.717) is 28.7 Å². The molecule has 1 saturated heterocycles. The molecule has 0 saturated carbocycles. The topological polar surface area (TPSA) is 95.9 Å². The van der Waals surface area contributed by atoms with Crippen molar-refractivity contribution >= 4 is 39.6 Å². The van der Waals surface area contributed by atoms with E-state index in [1.165, 1.54) is 18.1 Å². The maximum atomic E-state index is 12.3. The van der Waals surface area contributed by atoms with Gasteiger partial charge in [-0.25, -0.2) is 9.59 Å². The van der Waals surface area contributed by atoms with Gasteiger partial charge >= 0.3 is 18.0 Å². The molecule has 7 nitrogen and oxygen atoms in total. The van der Waals surface area contributed by atoms with Gasteiger partial charge in [0.05, 0.1) is 18.1 Å². The van der Waals surface area contributed by atoms with E-state index in [-0.39, 0.29) is 6.54 Å². The third kappa shape index (κ3) is 3.64. The van der Waals surface area contributed by atoms with Gasteiger partial charge in [-0.15, -0.1) is 0 Å². The fourth-order valence-electron chi connectivity index (χ4n) is 2.38. The molecular weight excluding hydrogens is 368 g/mol. The van der Waals surface area contributed by atoms with Crippen LogP contribution in [0, 0.1) is 5.41 Å². The summed E-state index contributed by atoms with van der Waals surface area (Å²) < 4.78 is 5.23. The molecule has 0 aromatic heterocycles. The lowest BCUT2D eigenvalue weighted by molar-refractivity contribution is -0.146. The molecule has 0 aliphatic carbocycles. The Labute approximate surface area is 141 Å². The third-order valence-electron chi connectivity index (χ3n) is 3.90. The van der Waals surface area contributed by atoms with Crippen molar-refractivity contribution in [2.45, 2.75) is 13.3 Å². The van der Waals surface area contributed by atoms with Crippen LogP contribution in [-0.2, 0) is 9.53 Å². The van der Waals surface area contributed by atoms with Crippen LogP contribution in [0.1, 0.15) is 23.7 Å². The zero-order valence-electron chi connectivity index (χ0n) is 12.8. The van der Waals surface area contributed by atoms with Crippen LogP contribution >= 0.6 is 15.9 Å². The Morgan fingerprint density at radius 1 is 1.39 bits per heavy atom. The van der Waals surface area contributed by atoms with E-state index in [1.807, 2.05) is 0 Å². The van der Waals surface area contributed by atoms with Crippen LogP contribution in [0.15, 0.2) is 22.7 Å². The minimum atomic E-state index is -0.922. The fraction of sp³-hybridized carbons (Fsp3) is 0.400. The van der Waals surface area contributed by atoms with E-state index in [1.54, 1.807) is 19.1 Å². The molecule has 1 aromatic carbocycles. The molecule has 23 heavy (non-hydrogen) atoms. The number of nitrogens with zero attached hydrogens (tertiary/aromatic N) is 1. The molecule has 1 atom stereocenters. The molecular formula is C15H17BrN2O5. The number of carboxylic acids is 1. The molecule has 0 spiro atoms. The molecule has 0 radical (unpaired) electrons. The van der Waals surface area contributed by atoms with E-state index >= 15 is 0 Å². The predicted molar refractivity (Wildman–Crippen MR) is 86.4 cm³/mol. The Balaban J connectivity index is 2.10. The first-order chi connectivity index (χ1) is 10.8. The number of urea groups is 1. The predicted octanol–water partition coefficient (Wildman–Crippen LogP) is 2.56. The number of hydrogen-bond donors (Lipinski definition) is 2. The normalized spacial score (nSPS) is 20.2. The summed E-state index contributed by atoms with van der Waals surface area (Å²) in [5.41, 5.74) is -0.196. The summed E-state index contributed by atoms with van der Waals surface area (Å²) in [4.78, 5) is 36.6. The van der Waals surface area contributed by atoms with Crippen molar-refractivity contribution in [1.82, 2.24) is 4.90 Å². The monoisotopic (exact) mass is 384 g/mol. The molecule has 1 aromatic rings. The Kier molecular flexibility index (Phi) is 4.93. The maximum absolute atomic E-state index is 12.3. The smallest absolute Gasteiger partial charge is 0.339 e. The van der Waals surface area contributed by atoms with E-state index in [0.717, 1.165) is 0 Å². The molecule has 8 heteroatoms. The lowest BCUT2D eigenvalue weighted by Gasteiger charge is -2.20. The first-order valence-electron chi connectivity index (χ1n) is 6.94. The summed E-state index contributed by atoms with van der Waals surface area (Å²) in [6, 6.07) is 4.38. The average Bonchev–Trinajstić information content (AvgIpc) is 2.92. The van der Waals surface area contributed by atoms with Crippen molar-refractivity contribution in [2.75, 3.05) is 25.5 Å². The lowest BCUT2D eigenvalue weighted by atomic mass is 9.90. The van der Waals surface area contributed by atoms with Gasteiger partial charge in [0.2, 0.25) is 0 Å². The third-order valence-corrected chi connectivity index (χ3v) is 4.59. The zero-order valence-corrected chi connectivity index (χ0v) is 14.3. The van der Waals surface area contributed by atoms with Crippen molar-refractivity contribution in [3.05, 3.63) is 28.2 Å². The van der Waals surface area contributed by atoms with Crippen molar-refractivity contribution in [2.24, 2.45) is 5.41 Å². The van der Waals surface area contributed by atoms with Gasteiger partial charge in [0.1, 0.15) is 0 Å². The molecule has 0 bridgehead atoms. The number of nitrogens with one attached hydrogen (secondary N) is 1. The van der Waals surface area contributed by atoms with Crippen LogP contribution in [-0.4, -0.2) is 48.2 Å². The van der Waals surface area contributed by atoms with Crippen molar-refractivity contribution in [3.8, 4) is 0 Å². The largest absolute Gasteiger partial charge is 0.481 e. The van der Waals surface area contributed by atoms with Gasteiger partial charge in [0, 0.05) is 23.2 Å². The summed E-state index contributed by atoms with van der Waals surface area (Å²) in [6.07, 6.45) is 0.406. The van der Waals surface area contributed by atoms with E-state index < -0.39 is 23.4 Å². The van der Waals surface area contributed by atoms with Crippen LogP contribution in [0.2, 0.25) is 0 Å². The van der Waals surface area contributed by atoms with Crippen LogP contribution in [0.4, 0.5) is 10.5 Å². The molecule has 1 fully saturated rings. The highest BCUT2D eigenvalue weighted by Gasteiger charge is 2.42. The number of ether oxygens (including phenoxy) is 1. The highest BCUT2D eigenvalue weighted by Crippen LogP contribution is 2.30. The lowest BCUT2D eigenvalue weighted by Crippen LogP contribution is -2.37. The number of hydrogen-bond acceptors (Lipinski definition) is 4. The van der Waals surface area contributed by atoms with E-state index in [9.17, 15) is 19.5 Å². The van der Waals surface area contributed by atoms with Crippen molar-refractivity contribution in [3.63, 3.8) is 0 Å². The van der Waals surface area contributed by atoms with Crippen molar-refractivity contribution in [1.29, 1.82) is 0 Å². The Bertz CT molecular complexity index is 663. The molecule has 2 rings (SSSR count). The quantitative estimate of drug-likeness (QED) is 0.780. The van der Waals surface area contributed by atoms with Gasteiger partial charge in [0.25, 0.3) is 0 Å². The standard InChI is InChI=1S/C15H17BrN2O5/c1-15(13(20)21)5-6-18(8-15)14(22)17-9-3-4-11(16)10(7-9)12(19)23-2/h3-4,7H,5-6,8H2,1-2H3,(H,17,22)(H,20,21). The molecule has 2 N–H and O–H groups in total. The summed E-state index contributed by atoms with van der Waals surface area (Å²) in [7, 11) is 1.27. The van der Waals surface area contributed by atoms with E-state index in [2.05, 4.69) is 26.0 Å². The maximum Gasteiger partial charge on any atom is 0.339 e. The molecule has 124 valence electrons. The average molecular weight is 385 g/mol. The Hall–Kier alpha value is -2.09. The van der Waals surface area contributed by atoms with Crippen LogP contribution < -0.4 is 5.32 Å². The second kappa shape index (κ2) is 6.57. The number of methoxy groups -OCH3 is 1. The van der Waals surface area contributed by atoms with Crippen LogP contribution in [0.25, 0.3) is 0 Å². The number of likely N-dealkylation sites (tertiary alicyclic amines) is 1. The molecule has 1 heterocycles. The van der Waals surface area contributed by atoms with Gasteiger partial charge < -0.3 is 20.1 Å². The first kappa shape index (κ1) is 17.3. The van der Waals surface area contributed by atoms with Crippen molar-refractivity contribution < 1.29 is 24.2 Å². The zero-order chi connectivity index (χ0) is 17.2. The number of rotatable bonds is 3. The Morgan fingerprint density at radius 3 is 2.65 bits per heavy atom. The van der Waals surface area contributed by atoms with Crippen LogP contribution in [0.3, 0.4) is 0 Å². The van der Waals surface area contributed by atoms with Gasteiger partial charge in [-0.05, 0) is 47.5 Å². The number of benzene rings is 1. The van der Waals surface area contributed by atoms with E-state index in [4.69, 9.17) is 0 Å². The fourth-order valence-corrected chi connectivity index (χ4v) is 2.79. The molecule has 2 amide bonds. The number of carbonyl (C=O) groups excluding carboxylic acids is 2. The highest BCUT2D eigenvalue weighted by molar-refractivity contribution is 9.10. The van der Waals surface area contributed by atoms with Gasteiger partial charge in [0.15, 0.2) is 0 Å². The summed E-state index contributed by atoms with van der Waals surface area (Å²) in [6.45, 7) is 2.14. The molecule has 1 aliphatic rings. The number of carbonyl (C=O) groups is 3. The molecule has 1 aliphatic heterocycles. The first-order valence-corrected chi connectivity index (χ1v) is 7.73. The summed E-state index contributed by atoms with van der Waals surface area (Å²) in [5, 5.41) is 11.9. The number of esters is 1. The second-order valence-corrected chi connectivity index (χ2v) is 6.51. The van der Waals surface area contributed by atoms with Gasteiger partial charge in [-0.1, -0.05) is 0 Å². The van der Waals surface area contributed by atoms with Gasteiger partial charge in [-0.2, -0.15) is 0 Å². The van der Waals surface area contributed by atoms with Gasteiger partial charge in [-0.3, -0.25) is 4.79 Å². The Morgan fingerprint density at radius 2 is 2.09 bits per heavy atom. The second-order valence-electron chi connectivity index (χ2n) is 5.65. The summed E-state index contributed by atoms with van der Waals surface area (Å²) in [5.74, 6) is -1.43. The number of amides is 2. The number of anilines is 1. The highest BCUT2D eigenvalue weighted by atomic mass is 79.9. The minimum absolute atomic E-state index is 0.147. The number of carboxylic acid groups (broad SMARTS) is 1. The minimum Gasteiger partial charge on any atom is -0.481 e. The SMILES string of the molecule is COC(=O)c1cc(NC(=O)N2CCC(C)(C(=O)O)C2)ccc1Br. The number of halogens is 1. The summed E-state index contributed by atoms with van der Waals surface area (Å²) >= 11 is 3.25.